The van der Waals surface area contributed by atoms with E-state index < -0.39 is 47.7 Å². The average molecular weight is 466 g/mol. The van der Waals surface area contributed by atoms with E-state index in [0.29, 0.717) is 0 Å². The van der Waals surface area contributed by atoms with Gasteiger partial charge in [-0.1, -0.05) is 23.2 Å². The maximum atomic E-state index is 14.5. The first kappa shape index (κ1) is 22.0. The van der Waals surface area contributed by atoms with Gasteiger partial charge in [0, 0.05) is 12.6 Å². The van der Waals surface area contributed by atoms with Crippen molar-refractivity contribution in [2.24, 2.45) is 10.7 Å². The van der Waals surface area contributed by atoms with Crippen LogP contribution in [-0.4, -0.2) is 34.2 Å². The normalized spacial score (nSPS) is 21.6. The third-order valence-corrected chi connectivity index (χ3v) is 4.68. The zero-order valence-corrected chi connectivity index (χ0v) is 16.6. The quantitative estimate of drug-likeness (QED) is 0.665. The number of nitrogens with zero attached hydrogens (tertiary/aromatic N) is 3. The molecule has 3 heterocycles. The monoisotopic (exact) mass is 465 g/mol. The molecule has 160 valence electrons. The smallest absolute Gasteiger partial charge is 0.425 e. The third-order valence-electron chi connectivity index (χ3n) is 4.19. The van der Waals surface area contributed by atoms with Crippen LogP contribution in [0.25, 0.3) is 0 Å². The van der Waals surface area contributed by atoms with Crippen molar-refractivity contribution in [2.45, 2.75) is 31.2 Å². The molecule has 0 unspecified atom stereocenters. The highest BCUT2D eigenvalue weighted by Gasteiger charge is 2.50. The van der Waals surface area contributed by atoms with Crippen LogP contribution in [-0.2, 0) is 10.3 Å². The van der Waals surface area contributed by atoms with Gasteiger partial charge in [-0.3, -0.25) is 4.79 Å². The summed E-state index contributed by atoms with van der Waals surface area (Å²) in [7, 11) is 0. The zero-order valence-electron chi connectivity index (χ0n) is 15.1. The number of amidine groups is 1. The molecule has 1 aliphatic rings. The van der Waals surface area contributed by atoms with Crippen LogP contribution in [0.15, 0.2) is 29.4 Å². The number of carbonyl (C=O) groups is 1. The Labute approximate surface area is 177 Å². The molecular formula is C17H13Cl2F4N5O2. The molecule has 30 heavy (non-hydrogen) atoms. The predicted octanol–water partition coefficient (Wildman–Crippen LogP) is 4.06. The van der Waals surface area contributed by atoms with Crippen molar-refractivity contribution in [1.82, 2.24) is 9.97 Å². The second-order valence-electron chi connectivity index (χ2n) is 6.54. The van der Waals surface area contributed by atoms with Gasteiger partial charge in [-0.25, -0.2) is 19.4 Å². The number of carbonyl (C=O) groups excluding carboxylic acids is 1. The van der Waals surface area contributed by atoms with Crippen LogP contribution >= 0.6 is 23.2 Å². The van der Waals surface area contributed by atoms with E-state index in [2.05, 4.69) is 25.0 Å². The van der Waals surface area contributed by atoms with Crippen molar-refractivity contribution >= 4 is 40.9 Å². The number of aromatic nitrogens is 2. The fraction of sp³-hybridized carbons (Fsp3) is 0.294. The Balaban J connectivity index is 1.93. The molecule has 2 aromatic heterocycles. The molecule has 3 N–H and O–H groups in total. The van der Waals surface area contributed by atoms with E-state index in [9.17, 15) is 22.4 Å². The number of halogens is 6. The van der Waals surface area contributed by atoms with E-state index in [4.69, 9.17) is 28.9 Å². The maximum absolute atomic E-state index is 14.5. The number of hydrogen-bond acceptors (Lipinski definition) is 6. The van der Waals surface area contributed by atoms with Crippen LogP contribution < -0.4 is 11.1 Å². The number of nitrogens with two attached hydrogens (primary N) is 1. The Morgan fingerprint density at radius 3 is 2.70 bits per heavy atom. The highest BCUT2D eigenvalue weighted by Crippen LogP contribution is 2.40. The molecule has 0 bridgehead atoms. The molecule has 2 atom stereocenters. The molecule has 0 saturated carbocycles. The zero-order chi connectivity index (χ0) is 22.3. The number of aliphatic imine (C=N–C) groups is 1. The number of ether oxygens (including phenoxy) is 1. The molecule has 13 heteroatoms. The number of rotatable bonds is 3. The summed E-state index contributed by atoms with van der Waals surface area (Å²) in [5.41, 5.74) is 2.97. The second-order valence-corrected chi connectivity index (χ2v) is 7.38. The van der Waals surface area contributed by atoms with Crippen molar-refractivity contribution in [3.05, 3.63) is 51.6 Å². The summed E-state index contributed by atoms with van der Waals surface area (Å²) in [4.78, 5) is 24.0. The van der Waals surface area contributed by atoms with Gasteiger partial charge in [0.1, 0.15) is 28.6 Å². The van der Waals surface area contributed by atoms with Crippen LogP contribution in [0.5, 0.6) is 0 Å². The molecule has 0 aromatic carbocycles. The largest absolute Gasteiger partial charge is 0.452 e. The van der Waals surface area contributed by atoms with Gasteiger partial charge < -0.3 is 15.8 Å². The summed E-state index contributed by atoms with van der Waals surface area (Å²) in [6, 6.07) is 2.60. The Morgan fingerprint density at radius 2 is 2.07 bits per heavy atom. The van der Waals surface area contributed by atoms with Crippen LogP contribution in [0.4, 0.5) is 23.4 Å². The lowest BCUT2D eigenvalue weighted by atomic mass is 9.89. The van der Waals surface area contributed by atoms with Gasteiger partial charge in [-0.15, -0.1) is 0 Å². The lowest BCUT2D eigenvalue weighted by Crippen LogP contribution is -2.46. The minimum atomic E-state index is -4.75. The lowest BCUT2D eigenvalue weighted by Gasteiger charge is -2.35. The highest BCUT2D eigenvalue weighted by atomic mass is 35.5. The number of alkyl halides is 3. The van der Waals surface area contributed by atoms with Crippen molar-refractivity contribution < 1.29 is 27.1 Å². The standard InChI is InChI=1S/C17H13Cl2F4N5O2/c1-16(5-10(17(21,22)23)30-15(24)28-16)13-9(20)2-3-11(26-13)27-14(29)12-8(19)4-7(18)6-25-12/h2-4,6,10H,5H2,1H3,(H2,24,28)(H,26,27,29)/t10-,16-/m0/s1. The van der Waals surface area contributed by atoms with Gasteiger partial charge in [0.15, 0.2) is 6.10 Å². The topological polar surface area (TPSA) is 102 Å². The van der Waals surface area contributed by atoms with Crippen LogP contribution in [0.1, 0.15) is 29.5 Å². The first-order chi connectivity index (χ1) is 13.9. The first-order valence-corrected chi connectivity index (χ1v) is 9.03. The van der Waals surface area contributed by atoms with E-state index in [1.807, 2.05) is 0 Å². The highest BCUT2D eigenvalue weighted by molar-refractivity contribution is 6.36. The summed E-state index contributed by atoms with van der Waals surface area (Å²) in [5, 5.41) is 2.53. The van der Waals surface area contributed by atoms with Crippen molar-refractivity contribution in [2.75, 3.05) is 5.32 Å². The molecule has 1 amide bonds. The number of anilines is 1. The molecule has 1 aliphatic heterocycles. The van der Waals surface area contributed by atoms with E-state index in [0.717, 1.165) is 12.1 Å². The molecule has 0 fully saturated rings. The first-order valence-electron chi connectivity index (χ1n) is 8.27. The molecular weight excluding hydrogens is 453 g/mol. The lowest BCUT2D eigenvalue weighted by molar-refractivity contribution is -0.208. The number of amides is 1. The van der Waals surface area contributed by atoms with Crippen LogP contribution in [0.3, 0.4) is 0 Å². The van der Waals surface area contributed by atoms with Crippen LogP contribution in [0, 0.1) is 5.82 Å². The molecule has 0 spiro atoms. The summed E-state index contributed by atoms with van der Waals surface area (Å²) < 4.78 is 58.4. The Morgan fingerprint density at radius 1 is 1.37 bits per heavy atom. The average Bonchev–Trinajstić information content (AvgIpc) is 2.61. The van der Waals surface area contributed by atoms with Crippen molar-refractivity contribution in [3.63, 3.8) is 0 Å². The predicted molar refractivity (Wildman–Crippen MR) is 101 cm³/mol. The van der Waals surface area contributed by atoms with E-state index in [-0.39, 0.29) is 21.6 Å². The fourth-order valence-corrected chi connectivity index (χ4v) is 3.31. The maximum Gasteiger partial charge on any atom is 0.425 e. The summed E-state index contributed by atoms with van der Waals surface area (Å²) in [6.07, 6.45) is -6.61. The Kier molecular flexibility index (Phi) is 5.79. The SMILES string of the molecule is C[C@@]1(c2nc(NC(=O)c3ncc(Cl)cc3Cl)ccc2F)C[C@@H](C(F)(F)F)OC(N)=N1. The molecule has 0 aliphatic carbocycles. The minimum Gasteiger partial charge on any atom is -0.452 e. The molecule has 2 aromatic rings. The number of nitrogens with one attached hydrogen (secondary N) is 1. The Bertz CT molecular complexity index is 1030. The van der Waals surface area contributed by atoms with E-state index >= 15 is 0 Å². The Hall–Kier alpha value is -2.66. The van der Waals surface area contributed by atoms with Crippen molar-refractivity contribution in [3.8, 4) is 0 Å². The van der Waals surface area contributed by atoms with E-state index in [1.165, 1.54) is 19.2 Å². The van der Waals surface area contributed by atoms with Gasteiger partial charge in [0.2, 0.25) is 0 Å². The summed E-state index contributed by atoms with van der Waals surface area (Å²) >= 11 is 11.7. The molecule has 0 radical (unpaired) electrons. The van der Waals surface area contributed by atoms with Gasteiger partial charge in [-0.05, 0) is 25.1 Å². The number of pyridine rings is 2. The molecule has 7 nitrogen and oxygen atoms in total. The van der Waals surface area contributed by atoms with Gasteiger partial charge in [0.05, 0.1) is 10.0 Å². The second kappa shape index (κ2) is 7.88. The van der Waals surface area contributed by atoms with Crippen LogP contribution in [0.2, 0.25) is 10.0 Å². The summed E-state index contributed by atoms with van der Waals surface area (Å²) in [5.74, 6) is -1.87. The minimum absolute atomic E-state index is 0.0379. The van der Waals surface area contributed by atoms with Gasteiger partial charge >= 0.3 is 6.18 Å². The van der Waals surface area contributed by atoms with Crippen molar-refractivity contribution in [1.29, 1.82) is 0 Å². The summed E-state index contributed by atoms with van der Waals surface area (Å²) in [6.45, 7) is 1.23. The van der Waals surface area contributed by atoms with Gasteiger partial charge in [-0.2, -0.15) is 13.2 Å². The molecule has 3 rings (SSSR count). The third kappa shape index (κ3) is 4.57. The van der Waals surface area contributed by atoms with E-state index in [1.54, 1.807) is 0 Å². The number of hydrogen-bond donors (Lipinski definition) is 2. The molecule has 0 saturated heterocycles. The van der Waals surface area contributed by atoms with Gasteiger partial charge in [0.25, 0.3) is 11.9 Å². The fourth-order valence-electron chi connectivity index (χ4n) is 2.84.